The number of nitrogens with one attached hydrogen (secondary N) is 1. The number of anilines is 1. The lowest BCUT2D eigenvalue weighted by Crippen LogP contribution is -2.20. The van der Waals surface area contributed by atoms with Gasteiger partial charge in [0.2, 0.25) is 10.0 Å². The van der Waals surface area contributed by atoms with Gasteiger partial charge in [0, 0.05) is 6.08 Å². The van der Waals surface area contributed by atoms with Gasteiger partial charge in [-0.2, -0.15) is 0 Å². The second-order valence-corrected chi connectivity index (χ2v) is 5.71. The van der Waals surface area contributed by atoms with E-state index in [0.29, 0.717) is 0 Å². The fourth-order valence-corrected chi connectivity index (χ4v) is 2.26. The molecule has 0 aliphatic carbocycles. The smallest absolute Gasteiger partial charge is 0.328 e. The molecule has 0 spiro atoms. The SMILES string of the molecule is COC(=O)CCS(=O)(=O)Nc1cccc(C=CC(=O)O)n1. The Bertz CT molecular complexity index is 653. The minimum Gasteiger partial charge on any atom is -0.478 e. The lowest BCUT2D eigenvalue weighted by atomic mass is 10.3. The second-order valence-electron chi connectivity index (χ2n) is 3.87. The third kappa shape index (κ3) is 6.52. The Hall–Kier alpha value is -2.42. The van der Waals surface area contributed by atoms with Gasteiger partial charge in [0.25, 0.3) is 0 Å². The topological polar surface area (TPSA) is 123 Å². The average molecular weight is 314 g/mol. The molecule has 8 nitrogen and oxygen atoms in total. The van der Waals surface area contributed by atoms with E-state index < -0.39 is 27.7 Å². The molecule has 0 atom stereocenters. The zero-order valence-corrected chi connectivity index (χ0v) is 12.0. The lowest BCUT2D eigenvalue weighted by Gasteiger charge is -2.07. The molecule has 114 valence electrons. The van der Waals surface area contributed by atoms with E-state index in [2.05, 4.69) is 14.4 Å². The summed E-state index contributed by atoms with van der Waals surface area (Å²) >= 11 is 0. The molecule has 1 heterocycles. The molecule has 0 fully saturated rings. The predicted octanol–water partition coefficient (Wildman–Crippen LogP) is 0.484. The van der Waals surface area contributed by atoms with Crippen LogP contribution in [-0.2, 0) is 24.3 Å². The minimum absolute atomic E-state index is 0.0346. The number of carboxylic acids is 1. The van der Waals surface area contributed by atoms with Crippen LogP contribution in [0.25, 0.3) is 6.08 Å². The van der Waals surface area contributed by atoms with Crippen LogP contribution in [0.1, 0.15) is 12.1 Å². The molecule has 1 aromatic heterocycles. The number of ether oxygens (including phenoxy) is 1. The highest BCUT2D eigenvalue weighted by Crippen LogP contribution is 2.09. The van der Waals surface area contributed by atoms with E-state index >= 15 is 0 Å². The van der Waals surface area contributed by atoms with Crippen LogP contribution < -0.4 is 4.72 Å². The first-order valence-electron chi connectivity index (χ1n) is 5.78. The van der Waals surface area contributed by atoms with Crippen LogP contribution in [0.2, 0.25) is 0 Å². The number of carboxylic acid groups (broad SMARTS) is 1. The summed E-state index contributed by atoms with van der Waals surface area (Å²) < 4.78 is 30.0. The molecule has 0 unspecified atom stereocenters. The van der Waals surface area contributed by atoms with Crippen molar-refractivity contribution in [3.05, 3.63) is 30.0 Å². The van der Waals surface area contributed by atoms with Gasteiger partial charge < -0.3 is 9.84 Å². The number of pyridine rings is 1. The molecule has 1 aromatic rings. The van der Waals surface area contributed by atoms with Gasteiger partial charge in [0.1, 0.15) is 5.82 Å². The van der Waals surface area contributed by atoms with Gasteiger partial charge in [-0.1, -0.05) is 6.07 Å². The summed E-state index contributed by atoms with van der Waals surface area (Å²) in [5, 5.41) is 8.51. The molecule has 1 rings (SSSR count). The molecular weight excluding hydrogens is 300 g/mol. The van der Waals surface area contributed by atoms with Crippen LogP contribution in [0.15, 0.2) is 24.3 Å². The van der Waals surface area contributed by atoms with Crippen molar-refractivity contribution in [2.24, 2.45) is 0 Å². The summed E-state index contributed by atoms with van der Waals surface area (Å²) in [4.78, 5) is 25.2. The Balaban J connectivity index is 2.76. The molecule has 0 amide bonds. The van der Waals surface area contributed by atoms with Crippen molar-refractivity contribution in [3.8, 4) is 0 Å². The minimum atomic E-state index is -3.74. The summed E-state index contributed by atoms with van der Waals surface area (Å²) in [5.74, 6) is -2.17. The Morgan fingerprint density at radius 2 is 2.14 bits per heavy atom. The van der Waals surface area contributed by atoms with Crippen molar-refractivity contribution in [1.82, 2.24) is 4.98 Å². The number of aliphatic carboxylic acids is 1. The van der Waals surface area contributed by atoms with Crippen LogP contribution >= 0.6 is 0 Å². The van der Waals surface area contributed by atoms with E-state index in [-0.39, 0.29) is 17.9 Å². The summed E-state index contributed by atoms with van der Waals surface area (Å²) in [7, 11) is -2.57. The van der Waals surface area contributed by atoms with Crippen molar-refractivity contribution in [2.75, 3.05) is 17.6 Å². The maximum atomic E-state index is 11.7. The zero-order chi connectivity index (χ0) is 15.9. The largest absolute Gasteiger partial charge is 0.478 e. The number of hydrogen-bond acceptors (Lipinski definition) is 6. The molecule has 2 N–H and O–H groups in total. The molecule has 0 aliphatic heterocycles. The number of hydrogen-bond donors (Lipinski definition) is 2. The number of nitrogens with zero attached hydrogens (tertiary/aromatic N) is 1. The maximum Gasteiger partial charge on any atom is 0.328 e. The average Bonchev–Trinajstić information content (AvgIpc) is 2.42. The molecule has 9 heteroatoms. The number of methoxy groups -OCH3 is 1. The third-order valence-electron chi connectivity index (χ3n) is 2.23. The zero-order valence-electron chi connectivity index (χ0n) is 11.1. The highest BCUT2D eigenvalue weighted by molar-refractivity contribution is 7.92. The van der Waals surface area contributed by atoms with Crippen LogP contribution in [0.4, 0.5) is 5.82 Å². The summed E-state index contributed by atoms with van der Waals surface area (Å²) in [6.07, 6.45) is 1.84. The molecule has 0 aliphatic rings. The molecule has 0 saturated carbocycles. The van der Waals surface area contributed by atoms with Crippen molar-refractivity contribution >= 4 is 33.9 Å². The number of esters is 1. The van der Waals surface area contributed by atoms with Gasteiger partial charge in [-0.05, 0) is 18.2 Å². The maximum absolute atomic E-state index is 11.7. The second kappa shape index (κ2) is 7.39. The van der Waals surface area contributed by atoms with Crippen molar-refractivity contribution < 1.29 is 27.9 Å². The van der Waals surface area contributed by atoms with Gasteiger partial charge >= 0.3 is 11.9 Å². The Morgan fingerprint density at radius 1 is 1.43 bits per heavy atom. The van der Waals surface area contributed by atoms with Crippen LogP contribution in [0.5, 0.6) is 0 Å². The normalized spacial score (nSPS) is 11.3. The van der Waals surface area contributed by atoms with E-state index in [0.717, 1.165) is 6.08 Å². The highest BCUT2D eigenvalue weighted by atomic mass is 32.2. The van der Waals surface area contributed by atoms with E-state index in [1.807, 2.05) is 0 Å². The Labute approximate surface area is 121 Å². The molecule has 0 aromatic carbocycles. The van der Waals surface area contributed by atoms with Gasteiger partial charge in [-0.15, -0.1) is 0 Å². The first-order chi connectivity index (χ1) is 9.82. The van der Waals surface area contributed by atoms with Gasteiger partial charge in [0.15, 0.2) is 0 Å². The molecule has 0 saturated heterocycles. The van der Waals surface area contributed by atoms with Crippen LogP contribution in [0, 0.1) is 0 Å². The number of rotatable bonds is 7. The van der Waals surface area contributed by atoms with E-state index in [4.69, 9.17) is 5.11 Å². The first-order valence-corrected chi connectivity index (χ1v) is 7.43. The summed E-state index contributed by atoms with van der Waals surface area (Å²) in [5.41, 5.74) is 0.283. The number of carbonyl (C=O) groups excluding carboxylic acids is 1. The predicted molar refractivity (Wildman–Crippen MR) is 74.9 cm³/mol. The number of carbonyl (C=O) groups is 2. The molecule has 0 bridgehead atoms. The standard InChI is InChI=1S/C12H14N2O6S/c1-20-12(17)7-8-21(18,19)14-10-4-2-3-9(13-10)5-6-11(15)16/h2-6H,7-8H2,1H3,(H,13,14)(H,15,16). The number of aromatic nitrogens is 1. The Kier molecular flexibility index (Phi) is 5.85. The van der Waals surface area contributed by atoms with E-state index in [1.165, 1.54) is 31.4 Å². The molecule has 0 radical (unpaired) electrons. The fraction of sp³-hybridized carbons (Fsp3) is 0.250. The fourth-order valence-electron chi connectivity index (χ4n) is 1.29. The van der Waals surface area contributed by atoms with Gasteiger partial charge in [-0.3, -0.25) is 9.52 Å². The Morgan fingerprint density at radius 3 is 2.76 bits per heavy atom. The highest BCUT2D eigenvalue weighted by Gasteiger charge is 2.14. The monoisotopic (exact) mass is 314 g/mol. The van der Waals surface area contributed by atoms with Crippen LogP contribution in [-0.4, -0.2) is 43.3 Å². The van der Waals surface area contributed by atoms with Gasteiger partial charge in [0.05, 0.1) is 25.0 Å². The van der Waals surface area contributed by atoms with Crippen molar-refractivity contribution in [1.29, 1.82) is 0 Å². The summed E-state index contributed by atoms with van der Waals surface area (Å²) in [6.45, 7) is 0. The van der Waals surface area contributed by atoms with Crippen molar-refractivity contribution in [3.63, 3.8) is 0 Å². The first kappa shape index (κ1) is 16.6. The van der Waals surface area contributed by atoms with Crippen molar-refractivity contribution in [2.45, 2.75) is 6.42 Å². The van der Waals surface area contributed by atoms with Gasteiger partial charge in [-0.25, -0.2) is 18.2 Å². The lowest BCUT2D eigenvalue weighted by molar-refractivity contribution is -0.140. The quantitative estimate of drug-likeness (QED) is 0.554. The van der Waals surface area contributed by atoms with Crippen LogP contribution in [0.3, 0.4) is 0 Å². The molecular formula is C12H14N2O6S. The summed E-state index contributed by atoms with van der Waals surface area (Å²) in [6, 6.07) is 4.45. The number of sulfonamides is 1. The molecule has 21 heavy (non-hydrogen) atoms. The van der Waals surface area contributed by atoms with E-state index in [9.17, 15) is 18.0 Å². The van der Waals surface area contributed by atoms with E-state index in [1.54, 1.807) is 0 Å². The third-order valence-corrected chi connectivity index (χ3v) is 3.49.